The number of nitriles is 2. The lowest BCUT2D eigenvalue weighted by Crippen LogP contribution is -2.37. The minimum atomic E-state index is -3.73. The summed E-state index contributed by atoms with van der Waals surface area (Å²) < 4.78 is 26.3. The standard InChI is InChI=1S/C13H14ClN3O2S/c1-10(2)17(7-3-6-15)20(18,19)12-5-4-11(9-16)13(14)8-12/h4-5,8,10H,3,7H2,1-2H3. The van der Waals surface area contributed by atoms with Gasteiger partial charge in [-0.05, 0) is 32.0 Å². The van der Waals surface area contributed by atoms with Crippen LogP contribution in [0.5, 0.6) is 0 Å². The third-order valence-electron chi connectivity index (χ3n) is 2.69. The monoisotopic (exact) mass is 311 g/mol. The van der Waals surface area contributed by atoms with E-state index in [9.17, 15) is 8.42 Å². The fraction of sp³-hybridized carbons (Fsp3) is 0.385. The van der Waals surface area contributed by atoms with E-state index in [-0.39, 0.29) is 34.5 Å². The van der Waals surface area contributed by atoms with Crippen molar-refractivity contribution in [1.29, 1.82) is 10.5 Å². The molecule has 0 amide bonds. The molecule has 0 bridgehead atoms. The Labute approximate surface area is 124 Å². The Kier molecular flexibility index (Phi) is 5.52. The summed E-state index contributed by atoms with van der Waals surface area (Å²) in [5.74, 6) is 0. The van der Waals surface area contributed by atoms with Crippen molar-refractivity contribution in [2.24, 2.45) is 0 Å². The smallest absolute Gasteiger partial charge is 0.207 e. The van der Waals surface area contributed by atoms with E-state index in [1.165, 1.54) is 22.5 Å². The van der Waals surface area contributed by atoms with Gasteiger partial charge in [0.05, 0.1) is 21.6 Å². The van der Waals surface area contributed by atoms with Crippen molar-refractivity contribution in [2.75, 3.05) is 6.54 Å². The van der Waals surface area contributed by atoms with Crippen molar-refractivity contribution < 1.29 is 8.42 Å². The van der Waals surface area contributed by atoms with E-state index >= 15 is 0 Å². The zero-order chi connectivity index (χ0) is 15.3. The Morgan fingerprint density at radius 2 is 2.00 bits per heavy atom. The van der Waals surface area contributed by atoms with E-state index < -0.39 is 10.0 Å². The van der Waals surface area contributed by atoms with Gasteiger partial charge >= 0.3 is 0 Å². The summed E-state index contributed by atoms with van der Waals surface area (Å²) >= 11 is 5.87. The van der Waals surface area contributed by atoms with Crippen LogP contribution in [0.25, 0.3) is 0 Å². The maximum absolute atomic E-state index is 12.5. The highest BCUT2D eigenvalue weighted by molar-refractivity contribution is 7.89. The largest absolute Gasteiger partial charge is 0.243 e. The molecule has 1 aromatic carbocycles. The molecule has 0 fully saturated rings. The molecule has 0 aliphatic heterocycles. The number of hydrogen-bond acceptors (Lipinski definition) is 4. The predicted octanol–water partition coefficient (Wildman–Crippen LogP) is 2.52. The van der Waals surface area contributed by atoms with Crippen molar-refractivity contribution in [3.8, 4) is 12.1 Å². The fourth-order valence-electron chi connectivity index (χ4n) is 1.70. The summed E-state index contributed by atoms with van der Waals surface area (Å²) in [5, 5.41) is 17.5. The molecule has 0 saturated heterocycles. The quantitative estimate of drug-likeness (QED) is 0.836. The molecule has 106 valence electrons. The molecule has 0 radical (unpaired) electrons. The second kappa shape index (κ2) is 6.71. The van der Waals surface area contributed by atoms with E-state index in [2.05, 4.69) is 0 Å². The maximum atomic E-state index is 12.5. The van der Waals surface area contributed by atoms with Gasteiger partial charge in [0.2, 0.25) is 10.0 Å². The van der Waals surface area contributed by atoms with E-state index in [1.54, 1.807) is 13.8 Å². The summed E-state index contributed by atoms with van der Waals surface area (Å²) in [5.41, 5.74) is 0.221. The van der Waals surface area contributed by atoms with Crippen molar-refractivity contribution in [1.82, 2.24) is 4.31 Å². The minimum Gasteiger partial charge on any atom is -0.207 e. The lowest BCUT2D eigenvalue weighted by Gasteiger charge is -2.25. The summed E-state index contributed by atoms with van der Waals surface area (Å²) in [4.78, 5) is 0.0214. The summed E-state index contributed by atoms with van der Waals surface area (Å²) in [6.07, 6.45) is 0.113. The van der Waals surface area contributed by atoms with Crippen LogP contribution in [0.1, 0.15) is 25.8 Å². The van der Waals surface area contributed by atoms with Gasteiger partial charge in [0.1, 0.15) is 6.07 Å². The minimum absolute atomic E-state index is 0.0214. The van der Waals surface area contributed by atoms with E-state index in [4.69, 9.17) is 22.1 Å². The molecule has 1 rings (SSSR count). The molecule has 0 aliphatic carbocycles. The normalized spacial score (nSPS) is 11.3. The van der Waals surface area contributed by atoms with Gasteiger partial charge in [0, 0.05) is 19.0 Å². The van der Waals surface area contributed by atoms with Crippen LogP contribution in [0.2, 0.25) is 5.02 Å². The van der Waals surface area contributed by atoms with Crippen molar-refractivity contribution in [3.63, 3.8) is 0 Å². The van der Waals surface area contributed by atoms with Gasteiger partial charge < -0.3 is 0 Å². The highest BCUT2D eigenvalue weighted by Gasteiger charge is 2.27. The summed E-state index contributed by atoms with van der Waals surface area (Å²) in [7, 11) is -3.73. The molecule has 0 aromatic heterocycles. The third-order valence-corrected chi connectivity index (χ3v) is 5.07. The third kappa shape index (κ3) is 3.49. The number of sulfonamides is 1. The SMILES string of the molecule is CC(C)N(CCC#N)S(=O)(=O)c1ccc(C#N)c(Cl)c1. The zero-order valence-electron chi connectivity index (χ0n) is 11.2. The molecule has 0 N–H and O–H groups in total. The molecule has 0 spiro atoms. The predicted molar refractivity (Wildman–Crippen MR) is 75.4 cm³/mol. The Morgan fingerprint density at radius 1 is 1.35 bits per heavy atom. The van der Waals surface area contributed by atoms with Gasteiger partial charge in [-0.1, -0.05) is 11.6 Å². The number of nitrogens with zero attached hydrogens (tertiary/aromatic N) is 3. The van der Waals surface area contributed by atoms with Crippen LogP contribution in [0.15, 0.2) is 23.1 Å². The Balaban J connectivity index is 3.24. The molecule has 7 heteroatoms. The molecule has 0 unspecified atom stereocenters. The van der Waals surface area contributed by atoms with Crippen LogP contribution >= 0.6 is 11.6 Å². The lowest BCUT2D eigenvalue weighted by atomic mass is 10.2. The molecule has 20 heavy (non-hydrogen) atoms. The first kappa shape index (κ1) is 16.5. The van der Waals surface area contributed by atoms with Gasteiger partial charge in [0.15, 0.2) is 0 Å². The first-order valence-electron chi connectivity index (χ1n) is 5.93. The topological polar surface area (TPSA) is 85.0 Å². The number of halogens is 1. The zero-order valence-corrected chi connectivity index (χ0v) is 12.7. The van der Waals surface area contributed by atoms with Crippen molar-refractivity contribution in [2.45, 2.75) is 31.2 Å². The van der Waals surface area contributed by atoms with Crippen LogP contribution in [-0.4, -0.2) is 25.3 Å². The van der Waals surface area contributed by atoms with Crippen molar-refractivity contribution in [3.05, 3.63) is 28.8 Å². The van der Waals surface area contributed by atoms with E-state index in [0.29, 0.717) is 0 Å². The van der Waals surface area contributed by atoms with Crippen LogP contribution < -0.4 is 0 Å². The molecule has 5 nitrogen and oxygen atoms in total. The summed E-state index contributed by atoms with van der Waals surface area (Å²) in [6, 6.07) is 7.52. The van der Waals surface area contributed by atoms with Gasteiger partial charge in [-0.2, -0.15) is 14.8 Å². The molecule has 1 aromatic rings. The summed E-state index contributed by atoms with van der Waals surface area (Å²) in [6.45, 7) is 3.59. The highest BCUT2D eigenvalue weighted by Crippen LogP contribution is 2.24. The first-order valence-corrected chi connectivity index (χ1v) is 7.74. The molecular weight excluding hydrogens is 298 g/mol. The average Bonchev–Trinajstić information content (AvgIpc) is 2.38. The number of hydrogen-bond donors (Lipinski definition) is 0. The number of benzene rings is 1. The lowest BCUT2D eigenvalue weighted by molar-refractivity contribution is 0.360. The first-order chi connectivity index (χ1) is 9.34. The van der Waals surface area contributed by atoms with Gasteiger partial charge in [0.25, 0.3) is 0 Å². The highest BCUT2D eigenvalue weighted by atomic mass is 35.5. The molecule has 0 atom stereocenters. The van der Waals surface area contributed by atoms with E-state index in [0.717, 1.165) is 0 Å². The van der Waals surface area contributed by atoms with Crippen LogP contribution in [0, 0.1) is 22.7 Å². The number of rotatable bonds is 5. The second-order valence-electron chi connectivity index (χ2n) is 4.37. The molecule has 0 heterocycles. The second-order valence-corrected chi connectivity index (χ2v) is 6.67. The van der Waals surface area contributed by atoms with Gasteiger partial charge in [-0.25, -0.2) is 8.42 Å². The van der Waals surface area contributed by atoms with Gasteiger partial charge in [-0.3, -0.25) is 0 Å². The average molecular weight is 312 g/mol. The van der Waals surface area contributed by atoms with Crippen LogP contribution in [0.3, 0.4) is 0 Å². The Morgan fingerprint density at radius 3 is 2.45 bits per heavy atom. The molecule has 0 saturated carbocycles. The molecule has 0 aliphatic rings. The Hall–Kier alpha value is -1.60. The fourth-order valence-corrected chi connectivity index (χ4v) is 3.65. The molecular formula is C13H14ClN3O2S. The Bertz CT molecular complexity index is 672. The van der Waals surface area contributed by atoms with Crippen LogP contribution in [-0.2, 0) is 10.0 Å². The maximum Gasteiger partial charge on any atom is 0.243 e. The van der Waals surface area contributed by atoms with Crippen LogP contribution in [0.4, 0.5) is 0 Å². The van der Waals surface area contributed by atoms with E-state index in [1.807, 2.05) is 12.1 Å². The van der Waals surface area contributed by atoms with Crippen molar-refractivity contribution >= 4 is 21.6 Å². The van der Waals surface area contributed by atoms with Gasteiger partial charge in [-0.15, -0.1) is 0 Å².